The van der Waals surface area contributed by atoms with Crippen LogP contribution in [-0.2, 0) is 4.79 Å². The van der Waals surface area contributed by atoms with E-state index in [1.165, 1.54) is 0 Å². The van der Waals surface area contributed by atoms with E-state index in [-0.39, 0.29) is 5.91 Å². The standard InChI is InChI=1S/C10H20BrNO/c1-3-4-7-10(13)12-8-5-6-9(2)11/h9H,3-8H2,1-2H3,(H,12,13). The molecule has 2 nitrogen and oxygen atoms in total. The van der Waals surface area contributed by atoms with E-state index in [1.807, 2.05) is 0 Å². The lowest BCUT2D eigenvalue weighted by atomic mass is 10.2. The first-order valence-corrected chi connectivity index (χ1v) is 5.99. The van der Waals surface area contributed by atoms with Crippen molar-refractivity contribution in [3.05, 3.63) is 0 Å². The van der Waals surface area contributed by atoms with Gasteiger partial charge in [0.05, 0.1) is 0 Å². The Morgan fingerprint density at radius 2 is 2.15 bits per heavy atom. The van der Waals surface area contributed by atoms with Gasteiger partial charge in [0.25, 0.3) is 0 Å². The zero-order valence-corrected chi connectivity index (χ0v) is 10.2. The Morgan fingerprint density at radius 3 is 2.69 bits per heavy atom. The SMILES string of the molecule is CCCCC(=O)NCCCC(C)Br. The van der Waals surface area contributed by atoms with E-state index in [0.717, 1.165) is 32.2 Å². The Bertz CT molecular complexity index is 137. The fraction of sp³-hybridized carbons (Fsp3) is 0.900. The number of unbranched alkanes of at least 4 members (excludes halogenated alkanes) is 1. The molecule has 0 aliphatic rings. The van der Waals surface area contributed by atoms with Crippen LogP contribution >= 0.6 is 15.9 Å². The third-order valence-corrected chi connectivity index (χ3v) is 2.32. The second-order valence-corrected chi connectivity index (χ2v) is 4.94. The first-order chi connectivity index (χ1) is 6.16. The number of nitrogens with one attached hydrogen (secondary N) is 1. The molecule has 1 unspecified atom stereocenters. The summed E-state index contributed by atoms with van der Waals surface area (Å²) >= 11 is 3.47. The van der Waals surface area contributed by atoms with E-state index in [1.54, 1.807) is 0 Å². The van der Waals surface area contributed by atoms with E-state index in [2.05, 4.69) is 35.1 Å². The van der Waals surface area contributed by atoms with Crippen molar-refractivity contribution in [2.75, 3.05) is 6.54 Å². The molecule has 1 N–H and O–H groups in total. The fourth-order valence-corrected chi connectivity index (χ4v) is 1.36. The van der Waals surface area contributed by atoms with Crippen LogP contribution in [0.5, 0.6) is 0 Å². The molecule has 0 saturated heterocycles. The van der Waals surface area contributed by atoms with Gasteiger partial charge in [0.15, 0.2) is 0 Å². The first-order valence-electron chi connectivity index (χ1n) is 5.07. The highest BCUT2D eigenvalue weighted by atomic mass is 79.9. The quantitative estimate of drug-likeness (QED) is 0.546. The van der Waals surface area contributed by atoms with E-state index < -0.39 is 0 Å². The average molecular weight is 250 g/mol. The molecule has 0 spiro atoms. The summed E-state index contributed by atoms with van der Waals surface area (Å²) in [6.45, 7) is 5.04. The lowest BCUT2D eigenvalue weighted by molar-refractivity contribution is -0.121. The van der Waals surface area contributed by atoms with Crippen molar-refractivity contribution in [3.63, 3.8) is 0 Å². The van der Waals surface area contributed by atoms with Gasteiger partial charge in [-0.1, -0.05) is 36.2 Å². The van der Waals surface area contributed by atoms with E-state index in [9.17, 15) is 4.79 Å². The largest absolute Gasteiger partial charge is 0.356 e. The number of carbonyl (C=O) groups excluding carboxylic acids is 1. The van der Waals surface area contributed by atoms with Gasteiger partial charge in [0, 0.05) is 17.8 Å². The number of hydrogen-bond donors (Lipinski definition) is 1. The van der Waals surface area contributed by atoms with Crippen molar-refractivity contribution in [2.24, 2.45) is 0 Å². The fourth-order valence-electron chi connectivity index (χ4n) is 1.04. The number of rotatable bonds is 7. The van der Waals surface area contributed by atoms with E-state index >= 15 is 0 Å². The Balaban J connectivity index is 3.17. The zero-order valence-electron chi connectivity index (χ0n) is 8.61. The van der Waals surface area contributed by atoms with E-state index in [0.29, 0.717) is 11.2 Å². The van der Waals surface area contributed by atoms with E-state index in [4.69, 9.17) is 0 Å². The Hall–Kier alpha value is -0.0500. The van der Waals surface area contributed by atoms with Gasteiger partial charge >= 0.3 is 0 Å². The maximum absolute atomic E-state index is 11.1. The molecule has 1 atom stereocenters. The van der Waals surface area contributed by atoms with Gasteiger partial charge in [-0.05, 0) is 19.3 Å². The molecule has 0 bridgehead atoms. The number of halogens is 1. The number of carbonyl (C=O) groups is 1. The van der Waals surface area contributed by atoms with Crippen molar-refractivity contribution in [3.8, 4) is 0 Å². The molecule has 0 heterocycles. The summed E-state index contributed by atoms with van der Waals surface area (Å²) in [5.74, 6) is 0.198. The molecule has 3 heteroatoms. The van der Waals surface area contributed by atoms with Crippen LogP contribution < -0.4 is 5.32 Å². The predicted molar refractivity (Wildman–Crippen MR) is 60.2 cm³/mol. The van der Waals surface area contributed by atoms with Crippen LogP contribution in [0.15, 0.2) is 0 Å². The third kappa shape index (κ3) is 9.87. The summed E-state index contributed by atoms with van der Waals surface area (Å²) in [6.07, 6.45) is 4.95. The van der Waals surface area contributed by atoms with Crippen LogP contribution in [0, 0.1) is 0 Å². The molecule has 78 valence electrons. The molecular weight excluding hydrogens is 230 g/mol. The minimum atomic E-state index is 0.198. The topological polar surface area (TPSA) is 29.1 Å². The summed E-state index contributed by atoms with van der Waals surface area (Å²) in [6, 6.07) is 0. The first kappa shape index (κ1) is 12.9. The molecule has 0 fully saturated rings. The van der Waals surface area contributed by atoms with Crippen LogP contribution in [0.2, 0.25) is 0 Å². The van der Waals surface area contributed by atoms with Crippen LogP contribution in [0.25, 0.3) is 0 Å². The van der Waals surface area contributed by atoms with Gasteiger partial charge in [-0.25, -0.2) is 0 Å². The highest BCUT2D eigenvalue weighted by Crippen LogP contribution is 2.05. The number of amides is 1. The Morgan fingerprint density at radius 1 is 1.46 bits per heavy atom. The van der Waals surface area contributed by atoms with Gasteiger partial charge in [0.1, 0.15) is 0 Å². The summed E-state index contributed by atoms with van der Waals surface area (Å²) in [5.41, 5.74) is 0. The lowest BCUT2D eigenvalue weighted by Crippen LogP contribution is -2.24. The predicted octanol–water partition coefficient (Wildman–Crippen LogP) is 2.86. The molecule has 0 aromatic heterocycles. The zero-order chi connectivity index (χ0) is 10.1. The summed E-state index contributed by atoms with van der Waals surface area (Å²) in [5, 5.41) is 2.91. The minimum absolute atomic E-state index is 0.198. The number of alkyl halides is 1. The molecule has 13 heavy (non-hydrogen) atoms. The van der Waals surface area contributed by atoms with Crippen molar-refractivity contribution in [1.82, 2.24) is 5.32 Å². The second-order valence-electron chi connectivity index (χ2n) is 3.38. The molecule has 1 amide bonds. The maximum atomic E-state index is 11.1. The lowest BCUT2D eigenvalue weighted by Gasteiger charge is -2.05. The normalized spacial score (nSPS) is 12.5. The molecule has 0 rings (SSSR count). The van der Waals surface area contributed by atoms with Crippen molar-refractivity contribution in [2.45, 2.75) is 50.8 Å². The van der Waals surface area contributed by atoms with Gasteiger partial charge in [-0.3, -0.25) is 4.79 Å². The van der Waals surface area contributed by atoms with Crippen LogP contribution in [0.3, 0.4) is 0 Å². The van der Waals surface area contributed by atoms with Crippen LogP contribution in [0.1, 0.15) is 46.0 Å². The third-order valence-electron chi connectivity index (χ3n) is 1.86. The average Bonchev–Trinajstić information content (AvgIpc) is 2.08. The number of hydrogen-bond acceptors (Lipinski definition) is 1. The minimum Gasteiger partial charge on any atom is -0.356 e. The van der Waals surface area contributed by atoms with Gasteiger partial charge in [-0.15, -0.1) is 0 Å². The molecule has 0 aromatic carbocycles. The monoisotopic (exact) mass is 249 g/mol. The summed E-state index contributed by atoms with van der Waals surface area (Å²) in [4.78, 5) is 11.7. The van der Waals surface area contributed by atoms with Gasteiger partial charge in [-0.2, -0.15) is 0 Å². The summed E-state index contributed by atoms with van der Waals surface area (Å²) < 4.78 is 0. The smallest absolute Gasteiger partial charge is 0.219 e. The Labute approximate surface area is 89.6 Å². The molecule has 0 radical (unpaired) electrons. The second kappa shape index (κ2) is 8.54. The highest BCUT2D eigenvalue weighted by molar-refractivity contribution is 9.09. The van der Waals surface area contributed by atoms with Crippen LogP contribution in [-0.4, -0.2) is 17.3 Å². The molecule has 0 saturated carbocycles. The highest BCUT2D eigenvalue weighted by Gasteiger charge is 1.99. The van der Waals surface area contributed by atoms with Crippen molar-refractivity contribution >= 4 is 21.8 Å². The molecule has 0 aliphatic carbocycles. The van der Waals surface area contributed by atoms with Crippen LogP contribution in [0.4, 0.5) is 0 Å². The van der Waals surface area contributed by atoms with Gasteiger partial charge < -0.3 is 5.32 Å². The van der Waals surface area contributed by atoms with Crippen molar-refractivity contribution in [1.29, 1.82) is 0 Å². The van der Waals surface area contributed by atoms with Crippen molar-refractivity contribution < 1.29 is 4.79 Å². The summed E-state index contributed by atoms with van der Waals surface area (Å²) in [7, 11) is 0. The molecule has 0 aliphatic heterocycles. The maximum Gasteiger partial charge on any atom is 0.219 e. The Kier molecular flexibility index (Phi) is 8.51. The van der Waals surface area contributed by atoms with Gasteiger partial charge in [0.2, 0.25) is 5.91 Å². The molecule has 0 aromatic rings. The molecular formula is C10H20BrNO.